The number of amides is 1. The molecule has 0 aromatic heterocycles. The fourth-order valence-electron chi connectivity index (χ4n) is 3.04. The van der Waals surface area contributed by atoms with Crippen molar-refractivity contribution in [2.45, 2.75) is 38.5 Å². The summed E-state index contributed by atoms with van der Waals surface area (Å²) in [6.07, 6.45) is 14.3. The summed E-state index contributed by atoms with van der Waals surface area (Å²) in [5, 5.41) is 0. The predicted molar refractivity (Wildman–Crippen MR) is 94.2 cm³/mol. The first-order valence-electron chi connectivity index (χ1n) is 8.83. The highest BCUT2D eigenvalue weighted by Crippen LogP contribution is 2.32. The Balaban J connectivity index is 1.30. The topological polar surface area (TPSA) is 38.8 Å². The van der Waals surface area contributed by atoms with Crippen LogP contribution >= 0.6 is 0 Å². The highest BCUT2D eigenvalue weighted by Gasteiger charge is 2.14. The minimum absolute atomic E-state index is 0.139. The van der Waals surface area contributed by atoms with Crippen molar-refractivity contribution in [3.05, 3.63) is 48.1 Å². The van der Waals surface area contributed by atoms with Gasteiger partial charge >= 0.3 is 0 Å². The van der Waals surface area contributed by atoms with E-state index in [1.165, 1.54) is 5.56 Å². The first kappa shape index (κ1) is 16.6. The number of ether oxygens (including phenoxy) is 2. The van der Waals surface area contributed by atoms with Crippen LogP contribution in [0.2, 0.25) is 0 Å². The summed E-state index contributed by atoms with van der Waals surface area (Å²) in [5.41, 5.74) is 1.29. The van der Waals surface area contributed by atoms with E-state index in [2.05, 4.69) is 18.2 Å². The molecule has 0 N–H and O–H groups in total. The summed E-state index contributed by atoms with van der Waals surface area (Å²) in [7, 11) is 0. The molecular formula is C20H25NO3. The predicted octanol–water partition coefficient (Wildman–Crippen LogP) is 3.86. The van der Waals surface area contributed by atoms with Crippen molar-refractivity contribution in [1.29, 1.82) is 0 Å². The van der Waals surface area contributed by atoms with Crippen molar-refractivity contribution < 1.29 is 14.3 Å². The molecule has 24 heavy (non-hydrogen) atoms. The average Bonchev–Trinajstić information content (AvgIpc) is 3.28. The molecule has 2 aliphatic rings. The van der Waals surface area contributed by atoms with Crippen LogP contribution in [0, 0.1) is 0 Å². The van der Waals surface area contributed by atoms with Crippen molar-refractivity contribution in [2.24, 2.45) is 0 Å². The lowest BCUT2D eigenvalue weighted by molar-refractivity contribution is -0.124. The third kappa shape index (κ3) is 4.63. The van der Waals surface area contributed by atoms with Crippen LogP contribution in [0.1, 0.15) is 37.7 Å². The molecule has 1 aromatic rings. The van der Waals surface area contributed by atoms with Crippen molar-refractivity contribution >= 4 is 5.91 Å². The van der Waals surface area contributed by atoms with Crippen LogP contribution in [0.3, 0.4) is 0 Å². The molecule has 0 spiro atoms. The van der Waals surface area contributed by atoms with Crippen LogP contribution in [0.25, 0.3) is 0 Å². The minimum Gasteiger partial charge on any atom is -0.454 e. The van der Waals surface area contributed by atoms with Gasteiger partial charge in [0.05, 0.1) is 0 Å². The molecule has 0 saturated carbocycles. The molecule has 3 rings (SSSR count). The first-order chi connectivity index (χ1) is 11.8. The average molecular weight is 327 g/mol. The van der Waals surface area contributed by atoms with Crippen molar-refractivity contribution in [3.63, 3.8) is 0 Å². The summed E-state index contributed by atoms with van der Waals surface area (Å²) in [5.74, 6) is 1.84. The maximum atomic E-state index is 11.8. The number of likely N-dealkylation sites (tertiary alicyclic amines) is 1. The number of rotatable bonds is 7. The van der Waals surface area contributed by atoms with Crippen LogP contribution < -0.4 is 9.47 Å². The van der Waals surface area contributed by atoms with E-state index in [0.717, 1.165) is 63.1 Å². The lowest BCUT2D eigenvalue weighted by Crippen LogP contribution is -2.25. The molecule has 128 valence electrons. The van der Waals surface area contributed by atoms with Crippen LogP contribution in [-0.2, 0) is 11.2 Å². The number of hydrogen-bond acceptors (Lipinski definition) is 3. The van der Waals surface area contributed by atoms with Gasteiger partial charge in [0.1, 0.15) is 0 Å². The summed E-state index contributed by atoms with van der Waals surface area (Å²) < 4.78 is 10.7. The third-order valence-corrected chi connectivity index (χ3v) is 4.43. The molecule has 4 heteroatoms. The molecule has 4 nitrogen and oxygen atoms in total. The van der Waals surface area contributed by atoms with Gasteiger partial charge in [-0.05, 0) is 56.2 Å². The minimum atomic E-state index is 0.139. The van der Waals surface area contributed by atoms with Gasteiger partial charge in [0.15, 0.2) is 11.5 Å². The molecule has 0 radical (unpaired) electrons. The number of carbonyl (C=O) groups is 1. The Morgan fingerprint density at radius 1 is 1.08 bits per heavy atom. The highest BCUT2D eigenvalue weighted by atomic mass is 16.7. The van der Waals surface area contributed by atoms with Gasteiger partial charge in [0.25, 0.3) is 0 Å². The van der Waals surface area contributed by atoms with Gasteiger partial charge in [-0.25, -0.2) is 0 Å². The summed E-state index contributed by atoms with van der Waals surface area (Å²) in [4.78, 5) is 13.7. The van der Waals surface area contributed by atoms with Crippen LogP contribution in [0.15, 0.2) is 42.5 Å². The van der Waals surface area contributed by atoms with Crippen LogP contribution in [0.4, 0.5) is 0 Å². The Bertz CT molecular complexity index is 615. The zero-order valence-corrected chi connectivity index (χ0v) is 14.1. The number of carbonyl (C=O) groups excluding carboxylic acids is 1. The van der Waals surface area contributed by atoms with E-state index in [0.29, 0.717) is 6.79 Å². The SMILES string of the molecule is O=C(/C=C/C=C/CCCCc1ccc2c(c1)OCO2)N1CCCC1. The van der Waals surface area contributed by atoms with Gasteiger partial charge in [-0.15, -0.1) is 0 Å². The van der Waals surface area contributed by atoms with Gasteiger partial charge in [-0.2, -0.15) is 0 Å². The van der Waals surface area contributed by atoms with Gasteiger partial charge < -0.3 is 14.4 Å². The largest absolute Gasteiger partial charge is 0.454 e. The molecule has 2 heterocycles. The van der Waals surface area contributed by atoms with E-state index in [4.69, 9.17) is 9.47 Å². The van der Waals surface area contributed by atoms with Gasteiger partial charge in [0.2, 0.25) is 12.7 Å². The van der Waals surface area contributed by atoms with Gasteiger partial charge in [-0.3, -0.25) is 4.79 Å². The normalized spacial score (nSPS) is 16.6. The zero-order valence-electron chi connectivity index (χ0n) is 14.1. The van der Waals surface area contributed by atoms with Crippen molar-refractivity contribution in [2.75, 3.05) is 19.9 Å². The number of aryl methyl sites for hydroxylation is 1. The molecule has 0 aliphatic carbocycles. The fraction of sp³-hybridized carbons (Fsp3) is 0.450. The monoisotopic (exact) mass is 327 g/mol. The number of unbranched alkanes of at least 4 members (excludes halogenated alkanes) is 2. The second-order valence-corrected chi connectivity index (χ2v) is 6.25. The van der Waals surface area contributed by atoms with E-state index in [9.17, 15) is 4.79 Å². The highest BCUT2D eigenvalue weighted by molar-refractivity contribution is 5.88. The van der Waals surface area contributed by atoms with Gasteiger partial charge in [0, 0.05) is 19.2 Å². The van der Waals surface area contributed by atoms with E-state index in [1.807, 2.05) is 23.1 Å². The molecule has 1 saturated heterocycles. The second kappa shape index (κ2) is 8.57. The molecule has 1 amide bonds. The van der Waals surface area contributed by atoms with Gasteiger partial charge in [-0.1, -0.05) is 24.3 Å². The van der Waals surface area contributed by atoms with Crippen molar-refractivity contribution in [1.82, 2.24) is 4.90 Å². The molecule has 0 bridgehead atoms. The number of fused-ring (bicyclic) bond motifs is 1. The molecule has 0 unspecified atom stereocenters. The number of benzene rings is 1. The Kier molecular flexibility index (Phi) is 5.94. The van der Waals surface area contributed by atoms with E-state index in [1.54, 1.807) is 6.08 Å². The Morgan fingerprint density at radius 2 is 1.92 bits per heavy atom. The smallest absolute Gasteiger partial charge is 0.246 e. The maximum Gasteiger partial charge on any atom is 0.246 e. The second-order valence-electron chi connectivity index (χ2n) is 6.25. The maximum absolute atomic E-state index is 11.8. The first-order valence-corrected chi connectivity index (χ1v) is 8.83. The Hall–Kier alpha value is -2.23. The standard InChI is InChI=1S/C20H25NO3/c22-20(21-13-7-8-14-21)10-6-4-2-1-3-5-9-17-11-12-18-19(15-17)24-16-23-18/h2,4,6,10-12,15H,1,3,5,7-9,13-14,16H2/b4-2+,10-6+. The Labute approximate surface area is 143 Å². The summed E-state index contributed by atoms with van der Waals surface area (Å²) in [6, 6.07) is 6.17. The fourth-order valence-corrected chi connectivity index (χ4v) is 3.04. The number of hydrogen-bond donors (Lipinski definition) is 0. The molecule has 1 aromatic carbocycles. The van der Waals surface area contributed by atoms with E-state index < -0.39 is 0 Å². The van der Waals surface area contributed by atoms with Crippen LogP contribution in [0.5, 0.6) is 11.5 Å². The molecule has 2 aliphatic heterocycles. The quantitative estimate of drug-likeness (QED) is 0.434. The number of nitrogens with zero attached hydrogens (tertiary/aromatic N) is 1. The van der Waals surface area contributed by atoms with Crippen molar-refractivity contribution in [3.8, 4) is 11.5 Å². The lowest BCUT2D eigenvalue weighted by Gasteiger charge is -2.11. The molecular weight excluding hydrogens is 302 g/mol. The van der Waals surface area contributed by atoms with Crippen LogP contribution in [-0.4, -0.2) is 30.7 Å². The summed E-state index contributed by atoms with van der Waals surface area (Å²) >= 11 is 0. The summed E-state index contributed by atoms with van der Waals surface area (Å²) in [6.45, 7) is 2.15. The number of allylic oxidation sites excluding steroid dienone is 3. The zero-order chi connectivity index (χ0) is 16.6. The third-order valence-electron chi connectivity index (χ3n) is 4.43. The lowest BCUT2D eigenvalue weighted by atomic mass is 10.1. The van der Waals surface area contributed by atoms with E-state index in [-0.39, 0.29) is 5.91 Å². The van der Waals surface area contributed by atoms with E-state index >= 15 is 0 Å². The molecule has 0 atom stereocenters. The molecule has 1 fully saturated rings. The Morgan fingerprint density at radius 3 is 2.79 bits per heavy atom.